The SMILES string of the molecule is [2H]c1c([2H])c([2H])c(N(c2cc(C)cc(N(c3ccc4c5c(n(-c6c(F)cccc6F)c4c3)C(C)(C)CCC5(C)C)c3cc4c(cc3C)C(C)(C)CCC4(C)C)c2)c2csc3ccc(F)cc23)c([2H])c1[2H]. The molecular formula is C58H58F3N3S. The first-order chi connectivity index (χ1) is 32.8. The van der Waals surface area contributed by atoms with Gasteiger partial charge >= 0.3 is 0 Å². The molecule has 0 N–H and O–H groups in total. The molecule has 0 aliphatic heterocycles. The minimum atomic E-state index is -0.659. The van der Waals surface area contributed by atoms with Gasteiger partial charge in [0.2, 0.25) is 0 Å². The summed E-state index contributed by atoms with van der Waals surface area (Å²) in [7, 11) is 0. The lowest BCUT2D eigenvalue weighted by molar-refractivity contribution is 0.323. The molecule has 2 aliphatic carbocycles. The van der Waals surface area contributed by atoms with Crippen molar-refractivity contribution in [3.05, 3.63) is 171 Å². The third kappa shape index (κ3) is 7.08. The van der Waals surface area contributed by atoms with Gasteiger partial charge in [-0.05, 0) is 162 Å². The molecule has 65 heavy (non-hydrogen) atoms. The van der Waals surface area contributed by atoms with Crippen molar-refractivity contribution in [2.24, 2.45) is 0 Å². The Kier molecular flexibility index (Phi) is 8.71. The van der Waals surface area contributed by atoms with E-state index in [4.69, 9.17) is 4.11 Å². The van der Waals surface area contributed by atoms with Crippen LogP contribution >= 0.6 is 11.3 Å². The van der Waals surface area contributed by atoms with E-state index in [1.807, 2.05) is 35.1 Å². The number of thiophene rings is 1. The van der Waals surface area contributed by atoms with Crippen LogP contribution in [0.3, 0.4) is 0 Å². The first-order valence-electron chi connectivity index (χ1n) is 25.1. The van der Waals surface area contributed by atoms with Crippen LogP contribution in [0.5, 0.6) is 0 Å². The quantitative estimate of drug-likeness (QED) is 0.158. The van der Waals surface area contributed by atoms with Crippen molar-refractivity contribution < 1.29 is 20.0 Å². The summed E-state index contributed by atoms with van der Waals surface area (Å²) in [5, 5.41) is 3.27. The molecule has 0 radical (unpaired) electrons. The second kappa shape index (κ2) is 15.1. The van der Waals surface area contributed by atoms with E-state index in [9.17, 15) is 2.74 Å². The molecule has 6 aromatic carbocycles. The summed E-state index contributed by atoms with van der Waals surface area (Å²) in [4.78, 5) is 3.84. The Morgan fingerprint density at radius 2 is 1.20 bits per heavy atom. The number of benzene rings is 6. The molecule has 0 amide bonds. The van der Waals surface area contributed by atoms with Gasteiger partial charge in [-0.2, -0.15) is 0 Å². The summed E-state index contributed by atoms with van der Waals surface area (Å²) in [6.45, 7) is 22.0. The molecule has 0 spiro atoms. The normalized spacial score (nSPS) is 18.0. The molecule has 332 valence electrons. The topological polar surface area (TPSA) is 11.4 Å². The number of aromatic nitrogens is 1. The zero-order valence-corrected chi connectivity index (χ0v) is 39.7. The Hall–Kier alpha value is -5.79. The lowest BCUT2D eigenvalue weighted by Crippen LogP contribution is -2.35. The number of anilines is 6. The van der Waals surface area contributed by atoms with E-state index in [0.29, 0.717) is 28.0 Å². The molecule has 3 nitrogen and oxygen atoms in total. The van der Waals surface area contributed by atoms with E-state index in [2.05, 4.69) is 97.5 Å². The zero-order chi connectivity index (χ0) is 50.3. The first-order valence-corrected chi connectivity index (χ1v) is 23.5. The molecule has 0 unspecified atom stereocenters. The van der Waals surface area contributed by atoms with Crippen molar-refractivity contribution >= 4 is 66.5 Å². The van der Waals surface area contributed by atoms with Crippen LogP contribution in [0.25, 0.3) is 26.7 Å². The van der Waals surface area contributed by atoms with Crippen LogP contribution < -0.4 is 9.80 Å². The highest BCUT2D eigenvalue weighted by Crippen LogP contribution is 2.54. The Balaban J connectivity index is 1.31. The molecule has 7 heteroatoms. The highest BCUT2D eigenvalue weighted by molar-refractivity contribution is 7.17. The van der Waals surface area contributed by atoms with Crippen molar-refractivity contribution in [3.8, 4) is 5.69 Å². The monoisotopic (exact) mass is 890 g/mol. The molecule has 2 aliphatic rings. The van der Waals surface area contributed by atoms with E-state index >= 15 is 13.2 Å². The van der Waals surface area contributed by atoms with Gasteiger partial charge < -0.3 is 14.4 Å². The molecule has 0 bridgehead atoms. The van der Waals surface area contributed by atoms with Crippen LogP contribution in [0.1, 0.15) is 121 Å². The lowest BCUT2D eigenvalue weighted by atomic mass is 9.63. The molecule has 10 rings (SSSR count). The molecule has 8 aromatic rings. The number of para-hydroxylation sites is 2. The number of fused-ring (bicyclic) bond motifs is 5. The predicted octanol–water partition coefficient (Wildman–Crippen LogP) is 17.5. The molecule has 0 fully saturated rings. The van der Waals surface area contributed by atoms with Gasteiger partial charge in [-0.15, -0.1) is 11.3 Å². The molecular weight excluding hydrogens is 828 g/mol. The summed E-state index contributed by atoms with van der Waals surface area (Å²) in [6, 6.07) is 22.9. The summed E-state index contributed by atoms with van der Waals surface area (Å²) >= 11 is 1.37. The smallest absolute Gasteiger partial charge is 0.150 e. The fourth-order valence-electron chi connectivity index (χ4n) is 10.8. The number of hydrogen-bond acceptors (Lipinski definition) is 3. The van der Waals surface area contributed by atoms with Gasteiger partial charge in [0, 0.05) is 60.4 Å². The fraction of sp³-hybridized carbons (Fsp3) is 0.310. The van der Waals surface area contributed by atoms with Crippen molar-refractivity contribution in [2.45, 2.75) is 117 Å². The first kappa shape index (κ1) is 37.4. The van der Waals surface area contributed by atoms with Crippen molar-refractivity contribution in [1.82, 2.24) is 4.57 Å². The number of nitrogens with zero attached hydrogens (tertiary/aromatic N) is 3. The standard InChI is InChI=1S/C58H58F3N3S/c1-35-27-40(62(38-15-12-11-13-16-38)50-34-65-51-22-19-37(59)30-43(50)51)31-41(28-35)63(48-33-45-44(29-36(48)2)55(3,4)23-24-56(45,5)6)39-20-21-42-49(32-39)64(53-46(60)17-14-18-47(53)61)54-52(42)57(7,8)25-26-58(54,9)10/h11-22,27-34H,23-26H2,1-10H3/i11D,12D,13D,15D,16D. The van der Waals surface area contributed by atoms with E-state index < -0.39 is 53.1 Å². The Bertz CT molecular complexity index is 3450. The number of aryl methyl sites for hydroxylation is 2. The van der Waals surface area contributed by atoms with Crippen LogP contribution in [0, 0.1) is 31.3 Å². The second-order valence-corrected chi connectivity index (χ2v) is 21.9. The maximum Gasteiger partial charge on any atom is 0.150 e. The third-order valence-corrected chi connectivity index (χ3v) is 15.5. The summed E-state index contributed by atoms with van der Waals surface area (Å²) in [6.07, 6.45) is 3.73. The number of hydrogen-bond donors (Lipinski definition) is 0. The van der Waals surface area contributed by atoms with Gasteiger partial charge in [-0.3, -0.25) is 0 Å². The molecule has 2 heterocycles. The van der Waals surface area contributed by atoms with Gasteiger partial charge in [0.25, 0.3) is 0 Å². The zero-order valence-electron chi connectivity index (χ0n) is 43.9. The maximum atomic E-state index is 16.4. The molecule has 2 aromatic heterocycles. The van der Waals surface area contributed by atoms with Crippen LogP contribution in [0.15, 0.2) is 121 Å². The van der Waals surface area contributed by atoms with E-state index in [0.717, 1.165) is 69.5 Å². The van der Waals surface area contributed by atoms with E-state index in [1.54, 1.807) is 11.0 Å². The van der Waals surface area contributed by atoms with Crippen LogP contribution in [-0.4, -0.2) is 4.57 Å². The minimum absolute atomic E-state index is 0.0750. The number of halogens is 3. The Morgan fingerprint density at radius 1 is 0.585 bits per heavy atom. The predicted molar refractivity (Wildman–Crippen MR) is 268 cm³/mol. The highest BCUT2D eigenvalue weighted by atomic mass is 32.1. The lowest BCUT2D eigenvalue weighted by Gasteiger charge is -2.43. The summed E-state index contributed by atoms with van der Waals surface area (Å²) < 4.78 is 95.2. The summed E-state index contributed by atoms with van der Waals surface area (Å²) in [5.74, 6) is -1.79. The van der Waals surface area contributed by atoms with Crippen molar-refractivity contribution in [1.29, 1.82) is 0 Å². The molecule has 0 saturated carbocycles. The van der Waals surface area contributed by atoms with Gasteiger partial charge in [-0.1, -0.05) is 91.7 Å². The van der Waals surface area contributed by atoms with Crippen LogP contribution in [0.2, 0.25) is 0 Å². The highest BCUT2D eigenvalue weighted by Gasteiger charge is 2.43. The second-order valence-electron chi connectivity index (χ2n) is 21.0. The largest absolute Gasteiger partial charge is 0.310 e. The molecule has 0 atom stereocenters. The van der Waals surface area contributed by atoms with Crippen molar-refractivity contribution in [3.63, 3.8) is 0 Å². The van der Waals surface area contributed by atoms with E-state index in [1.165, 1.54) is 52.8 Å². The average molecular weight is 891 g/mol. The summed E-state index contributed by atoms with van der Waals surface area (Å²) in [5.41, 5.74) is 8.99. The average Bonchev–Trinajstić information content (AvgIpc) is 3.87. The Morgan fingerprint density at radius 3 is 1.88 bits per heavy atom. The van der Waals surface area contributed by atoms with Crippen LogP contribution in [0.4, 0.5) is 47.3 Å². The molecule has 0 saturated heterocycles. The van der Waals surface area contributed by atoms with Crippen molar-refractivity contribution in [2.75, 3.05) is 9.80 Å². The van der Waals surface area contributed by atoms with Gasteiger partial charge in [0.1, 0.15) is 23.1 Å². The number of rotatable bonds is 7. The van der Waals surface area contributed by atoms with Gasteiger partial charge in [0.05, 0.1) is 18.1 Å². The van der Waals surface area contributed by atoms with Gasteiger partial charge in [0.15, 0.2) is 0 Å². The van der Waals surface area contributed by atoms with E-state index in [-0.39, 0.29) is 27.6 Å². The third-order valence-electron chi connectivity index (χ3n) is 14.5. The Labute approximate surface area is 393 Å². The maximum absolute atomic E-state index is 16.4. The minimum Gasteiger partial charge on any atom is -0.310 e. The van der Waals surface area contributed by atoms with Gasteiger partial charge in [-0.25, -0.2) is 13.2 Å². The fourth-order valence-corrected chi connectivity index (χ4v) is 11.7. The van der Waals surface area contributed by atoms with Crippen LogP contribution in [-0.2, 0) is 21.7 Å².